The molecular weight excluding hydrogens is 347 g/mol. The van der Waals surface area contributed by atoms with Gasteiger partial charge in [0.15, 0.2) is 0 Å². The van der Waals surface area contributed by atoms with Crippen LogP contribution in [-0.2, 0) is 9.59 Å². The van der Waals surface area contributed by atoms with E-state index in [0.717, 1.165) is 12.1 Å². The van der Waals surface area contributed by atoms with Gasteiger partial charge in [0.05, 0.1) is 5.69 Å². The Kier molecular flexibility index (Phi) is 5.60. The number of anilines is 1. The number of carboxylic acids is 1. The minimum absolute atomic E-state index is 0.0872. The first kappa shape index (κ1) is 16.8. The summed E-state index contributed by atoms with van der Waals surface area (Å²) in [4.78, 5) is 34.0. The van der Waals surface area contributed by atoms with E-state index in [1.165, 1.54) is 19.9 Å². The van der Waals surface area contributed by atoms with E-state index in [-0.39, 0.29) is 16.8 Å². The summed E-state index contributed by atoms with van der Waals surface area (Å²) in [6.45, 7) is 2.55. The number of halogens is 2. The van der Waals surface area contributed by atoms with E-state index in [1.54, 1.807) is 0 Å². The number of imide groups is 1. The lowest BCUT2D eigenvalue weighted by Crippen LogP contribution is -2.35. The zero-order valence-corrected chi connectivity index (χ0v) is 12.7. The molecule has 6 nitrogen and oxygen atoms in total. The van der Waals surface area contributed by atoms with Gasteiger partial charge in [0, 0.05) is 15.6 Å². The van der Waals surface area contributed by atoms with Gasteiger partial charge in [-0.3, -0.25) is 10.1 Å². The number of aliphatic carboxylic acids is 1. The molecule has 1 aromatic rings. The molecule has 0 aromatic heterocycles. The van der Waals surface area contributed by atoms with Gasteiger partial charge >= 0.3 is 12.0 Å². The fourth-order valence-electron chi connectivity index (χ4n) is 1.27. The summed E-state index contributed by atoms with van der Waals surface area (Å²) in [6.07, 6.45) is 0. The first-order valence-electron chi connectivity index (χ1n) is 5.70. The Morgan fingerprint density at radius 1 is 1.19 bits per heavy atom. The largest absolute Gasteiger partial charge is 0.478 e. The van der Waals surface area contributed by atoms with Crippen molar-refractivity contribution in [2.24, 2.45) is 0 Å². The highest BCUT2D eigenvalue weighted by Crippen LogP contribution is 2.22. The fraction of sp³-hybridized carbons (Fsp3) is 0.154. The maximum absolute atomic E-state index is 12.9. The fourth-order valence-corrected chi connectivity index (χ4v) is 1.72. The molecule has 0 aliphatic carbocycles. The van der Waals surface area contributed by atoms with Crippen LogP contribution in [0.2, 0.25) is 0 Å². The molecule has 0 saturated heterocycles. The third-order valence-electron chi connectivity index (χ3n) is 2.63. The van der Waals surface area contributed by atoms with E-state index < -0.39 is 23.7 Å². The van der Waals surface area contributed by atoms with Crippen LogP contribution in [0.4, 0.5) is 14.9 Å². The molecule has 1 aromatic carbocycles. The topological polar surface area (TPSA) is 95.5 Å². The summed E-state index contributed by atoms with van der Waals surface area (Å²) in [5.74, 6) is -2.56. The molecule has 0 heterocycles. The number of hydrogen-bond donors (Lipinski definition) is 3. The minimum Gasteiger partial charge on any atom is -0.478 e. The van der Waals surface area contributed by atoms with Crippen molar-refractivity contribution in [3.8, 4) is 0 Å². The number of urea groups is 1. The van der Waals surface area contributed by atoms with E-state index in [0.29, 0.717) is 4.47 Å². The zero-order chi connectivity index (χ0) is 16.2. The van der Waals surface area contributed by atoms with Crippen LogP contribution in [0.25, 0.3) is 0 Å². The lowest BCUT2D eigenvalue weighted by atomic mass is 10.1. The summed E-state index contributed by atoms with van der Waals surface area (Å²) < 4.78 is 13.2. The molecule has 0 bridgehead atoms. The second-order valence-corrected chi connectivity index (χ2v) is 4.94. The van der Waals surface area contributed by atoms with Gasteiger partial charge < -0.3 is 10.4 Å². The van der Waals surface area contributed by atoms with Crippen LogP contribution < -0.4 is 10.6 Å². The Morgan fingerprint density at radius 2 is 1.81 bits per heavy atom. The first-order valence-corrected chi connectivity index (χ1v) is 6.49. The number of carboxylic acid groups (broad SMARTS) is 1. The van der Waals surface area contributed by atoms with Gasteiger partial charge in [0.2, 0.25) is 0 Å². The van der Waals surface area contributed by atoms with Crippen LogP contribution in [0.15, 0.2) is 33.8 Å². The predicted octanol–water partition coefficient (Wildman–Crippen LogP) is 2.66. The third kappa shape index (κ3) is 4.67. The molecule has 0 saturated carbocycles. The Hall–Kier alpha value is -2.22. The summed E-state index contributed by atoms with van der Waals surface area (Å²) in [7, 11) is 0. The molecule has 21 heavy (non-hydrogen) atoms. The number of benzene rings is 1. The molecule has 0 unspecified atom stereocenters. The van der Waals surface area contributed by atoms with Crippen molar-refractivity contribution in [3.63, 3.8) is 0 Å². The quantitative estimate of drug-likeness (QED) is 0.723. The Bertz CT molecular complexity index is 643. The van der Waals surface area contributed by atoms with Crippen molar-refractivity contribution in [2.45, 2.75) is 13.8 Å². The standard InChI is InChI=1S/C13H12BrFN2O4/c1-6(7(2)12(19)20)11(18)17-13(21)16-10-4-3-8(15)5-9(10)14/h3-5H,1-2H3,(H,19,20)(H2,16,17,18,21). The molecule has 0 aliphatic heterocycles. The molecule has 0 spiro atoms. The number of amides is 3. The predicted molar refractivity (Wildman–Crippen MR) is 77.3 cm³/mol. The Labute approximate surface area is 128 Å². The average Bonchev–Trinajstić information content (AvgIpc) is 2.40. The second-order valence-electron chi connectivity index (χ2n) is 4.09. The number of rotatable bonds is 3. The summed E-state index contributed by atoms with van der Waals surface area (Å²) >= 11 is 3.06. The molecule has 0 fully saturated rings. The molecule has 0 radical (unpaired) electrons. The maximum atomic E-state index is 12.9. The molecule has 3 N–H and O–H groups in total. The van der Waals surface area contributed by atoms with Crippen molar-refractivity contribution < 1.29 is 23.9 Å². The minimum atomic E-state index is -1.25. The van der Waals surface area contributed by atoms with Gasteiger partial charge in [-0.05, 0) is 48.0 Å². The Balaban J connectivity index is 2.76. The van der Waals surface area contributed by atoms with Crippen LogP contribution >= 0.6 is 15.9 Å². The number of carbonyl (C=O) groups excluding carboxylic acids is 2. The van der Waals surface area contributed by atoms with E-state index in [4.69, 9.17) is 5.11 Å². The molecule has 1 rings (SSSR count). The SMILES string of the molecule is CC(C(=O)O)=C(C)C(=O)NC(=O)Nc1ccc(F)cc1Br. The van der Waals surface area contributed by atoms with E-state index in [9.17, 15) is 18.8 Å². The first-order chi connectivity index (χ1) is 9.72. The van der Waals surface area contributed by atoms with Gasteiger partial charge in [-0.25, -0.2) is 14.0 Å². The van der Waals surface area contributed by atoms with Gasteiger partial charge in [-0.15, -0.1) is 0 Å². The summed E-state index contributed by atoms with van der Waals surface area (Å²) in [5.41, 5.74) is 0.0115. The second kappa shape index (κ2) is 6.98. The molecule has 0 aliphatic rings. The van der Waals surface area contributed by atoms with Crippen LogP contribution in [-0.4, -0.2) is 23.0 Å². The van der Waals surface area contributed by atoms with E-state index in [2.05, 4.69) is 21.2 Å². The van der Waals surface area contributed by atoms with Crippen LogP contribution in [0.3, 0.4) is 0 Å². The lowest BCUT2D eigenvalue weighted by Gasteiger charge is -2.09. The van der Waals surface area contributed by atoms with Crippen molar-refractivity contribution >= 4 is 39.5 Å². The van der Waals surface area contributed by atoms with Crippen molar-refractivity contribution in [3.05, 3.63) is 39.6 Å². The van der Waals surface area contributed by atoms with E-state index >= 15 is 0 Å². The zero-order valence-electron chi connectivity index (χ0n) is 11.2. The van der Waals surface area contributed by atoms with Gasteiger partial charge in [0.1, 0.15) is 5.82 Å². The molecule has 0 atom stereocenters. The number of nitrogens with one attached hydrogen (secondary N) is 2. The van der Waals surface area contributed by atoms with Gasteiger partial charge in [-0.1, -0.05) is 0 Å². The van der Waals surface area contributed by atoms with Gasteiger partial charge in [-0.2, -0.15) is 0 Å². The molecular formula is C13H12BrFN2O4. The molecule has 8 heteroatoms. The maximum Gasteiger partial charge on any atom is 0.331 e. The lowest BCUT2D eigenvalue weighted by molar-refractivity contribution is -0.133. The average molecular weight is 359 g/mol. The van der Waals surface area contributed by atoms with Crippen molar-refractivity contribution in [2.75, 3.05) is 5.32 Å². The summed E-state index contributed by atoms with van der Waals surface area (Å²) in [5, 5.41) is 13.1. The monoisotopic (exact) mass is 358 g/mol. The van der Waals surface area contributed by atoms with Crippen LogP contribution in [0.1, 0.15) is 13.8 Å². The van der Waals surface area contributed by atoms with Crippen molar-refractivity contribution in [1.82, 2.24) is 5.32 Å². The Morgan fingerprint density at radius 3 is 2.33 bits per heavy atom. The summed E-state index contributed by atoms with van der Waals surface area (Å²) in [6, 6.07) is 2.75. The molecule has 3 amide bonds. The number of hydrogen-bond acceptors (Lipinski definition) is 3. The normalized spacial score (nSPS) is 11.4. The smallest absolute Gasteiger partial charge is 0.331 e. The highest BCUT2D eigenvalue weighted by molar-refractivity contribution is 9.10. The van der Waals surface area contributed by atoms with Crippen molar-refractivity contribution in [1.29, 1.82) is 0 Å². The van der Waals surface area contributed by atoms with Crippen LogP contribution in [0, 0.1) is 5.82 Å². The van der Waals surface area contributed by atoms with Gasteiger partial charge in [0.25, 0.3) is 5.91 Å². The highest BCUT2D eigenvalue weighted by atomic mass is 79.9. The molecule has 112 valence electrons. The number of carbonyl (C=O) groups is 3. The van der Waals surface area contributed by atoms with Crippen LogP contribution in [0.5, 0.6) is 0 Å². The third-order valence-corrected chi connectivity index (χ3v) is 3.29. The highest BCUT2D eigenvalue weighted by Gasteiger charge is 2.15. The van der Waals surface area contributed by atoms with E-state index in [1.807, 2.05) is 5.32 Å².